The van der Waals surface area contributed by atoms with Crippen molar-refractivity contribution in [3.8, 4) is 0 Å². The van der Waals surface area contributed by atoms with Crippen molar-refractivity contribution in [2.45, 2.75) is 13.3 Å². The fourth-order valence-electron chi connectivity index (χ4n) is 0.192. The van der Waals surface area contributed by atoms with Gasteiger partial charge in [0.1, 0.15) is 0 Å². The van der Waals surface area contributed by atoms with Crippen molar-refractivity contribution in [2.75, 3.05) is 0 Å². The van der Waals surface area contributed by atoms with Crippen LogP contribution in [0.2, 0.25) is 0 Å². The van der Waals surface area contributed by atoms with Crippen LogP contribution < -0.4 is 0 Å². The van der Waals surface area contributed by atoms with E-state index in [2.05, 4.69) is 19.1 Å². The molecule has 0 N–H and O–H groups in total. The molecule has 0 aromatic carbocycles. The SMILES string of the molecule is CC/C=C/C=S. The molecule has 0 atom stereocenters. The Bertz CT molecular complexity index is 55.0. The van der Waals surface area contributed by atoms with Gasteiger partial charge in [0.15, 0.2) is 0 Å². The number of allylic oxidation sites excluding steroid dienone is 2. The Morgan fingerprint density at radius 1 is 1.67 bits per heavy atom. The highest BCUT2D eigenvalue weighted by atomic mass is 32.1. The lowest BCUT2D eigenvalue weighted by Gasteiger charge is -1.66. The highest BCUT2D eigenvalue weighted by Crippen LogP contribution is 1.74. The Morgan fingerprint density at radius 2 is 2.33 bits per heavy atom. The molecule has 0 nitrogen and oxygen atoms in total. The molecule has 0 aliphatic carbocycles. The van der Waals surface area contributed by atoms with Gasteiger partial charge in [-0.2, -0.15) is 0 Å². The summed E-state index contributed by atoms with van der Waals surface area (Å²) in [6.45, 7) is 2.08. The average Bonchev–Trinajstić information content (AvgIpc) is 1.61. The van der Waals surface area contributed by atoms with E-state index in [-0.39, 0.29) is 0 Å². The summed E-state index contributed by atoms with van der Waals surface area (Å²) in [6.07, 6.45) is 4.97. The molecule has 0 aromatic rings. The van der Waals surface area contributed by atoms with Crippen molar-refractivity contribution < 1.29 is 0 Å². The summed E-state index contributed by atoms with van der Waals surface area (Å²) in [5, 5.41) is 1.61. The number of rotatable bonds is 2. The fourth-order valence-corrected chi connectivity index (χ4v) is 0.303. The first-order valence-corrected chi connectivity index (χ1v) is 2.49. The van der Waals surface area contributed by atoms with E-state index >= 15 is 0 Å². The summed E-state index contributed by atoms with van der Waals surface area (Å²) in [5.41, 5.74) is 0. The molecule has 0 fully saturated rings. The minimum absolute atomic E-state index is 1.08. The molecule has 0 aliphatic rings. The van der Waals surface area contributed by atoms with Crippen LogP contribution in [0.15, 0.2) is 12.2 Å². The quantitative estimate of drug-likeness (QED) is 0.377. The largest absolute Gasteiger partial charge is 0.0887 e. The lowest BCUT2D eigenvalue weighted by atomic mass is 10.4. The zero-order chi connectivity index (χ0) is 4.83. The van der Waals surface area contributed by atoms with E-state index in [1.165, 1.54) is 0 Å². The van der Waals surface area contributed by atoms with E-state index in [4.69, 9.17) is 0 Å². The summed E-state index contributed by atoms with van der Waals surface area (Å²) in [7, 11) is 0. The molecule has 0 aromatic heterocycles. The van der Waals surface area contributed by atoms with Gasteiger partial charge in [-0.15, -0.1) is 0 Å². The minimum Gasteiger partial charge on any atom is -0.0887 e. The van der Waals surface area contributed by atoms with Crippen molar-refractivity contribution in [3.63, 3.8) is 0 Å². The number of hydrogen-bond donors (Lipinski definition) is 0. The molecule has 0 radical (unpaired) electrons. The van der Waals surface area contributed by atoms with Crippen LogP contribution in [0, 0.1) is 0 Å². The van der Waals surface area contributed by atoms with Gasteiger partial charge < -0.3 is 0 Å². The summed E-state index contributed by atoms with van der Waals surface area (Å²) in [6, 6.07) is 0. The second-order valence-corrected chi connectivity index (χ2v) is 1.24. The van der Waals surface area contributed by atoms with Crippen molar-refractivity contribution in [1.82, 2.24) is 0 Å². The standard InChI is InChI=1S/C5H8S/c1-2-3-4-5-6/h3-5H,2H2,1H3/b4-3+. The molecule has 0 saturated heterocycles. The predicted molar refractivity (Wildman–Crippen MR) is 33.1 cm³/mol. The summed E-state index contributed by atoms with van der Waals surface area (Å²) >= 11 is 4.51. The van der Waals surface area contributed by atoms with Gasteiger partial charge in [0, 0.05) is 5.37 Å². The third-order valence-corrected chi connectivity index (χ3v) is 0.607. The molecule has 0 unspecified atom stereocenters. The molecule has 34 valence electrons. The number of hydrogen-bond acceptors (Lipinski definition) is 1. The minimum atomic E-state index is 1.08. The van der Waals surface area contributed by atoms with Crippen LogP contribution in [0.4, 0.5) is 0 Å². The summed E-state index contributed by atoms with van der Waals surface area (Å²) in [5.74, 6) is 0. The second kappa shape index (κ2) is 4.83. The van der Waals surface area contributed by atoms with E-state index in [0.29, 0.717) is 0 Å². The Balaban J connectivity index is 2.94. The third-order valence-electron chi connectivity index (χ3n) is 0.450. The topological polar surface area (TPSA) is 0 Å². The fraction of sp³-hybridized carbons (Fsp3) is 0.400. The van der Waals surface area contributed by atoms with Crippen LogP contribution >= 0.6 is 12.2 Å². The van der Waals surface area contributed by atoms with E-state index in [9.17, 15) is 0 Å². The van der Waals surface area contributed by atoms with Crippen LogP contribution in [0.5, 0.6) is 0 Å². The number of thiocarbonyl (C=S) groups is 1. The molecular weight excluding hydrogens is 92.1 g/mol. The van der Waals surface area contributed by atoms with Crippen LogP contribution in [-0.4, -0.2) is 5.37 Å². The van der Waals surface area contributed by atoms with Crippen LogP contribution in [0.3, 0.4) is 0 Å². The first-order valence-electron chi connectivity index (χ1n) is 2.02. The van der Waals surface area contributed by atoms with Crippen LogP contribution in [-0.2, 0) is 0 Å². The normalized spacial score (nSPS) is 9.50. The van der Waals surface area contributed by atoms with Gasteiger partial charge in [0.2, 0.25) is 0 Å². The molecule has 0 bridgehead atoms. The smallest absolute Gasteiger partial charge is 0.00103 e. The molecular formula is C5H8S. The van der Waals surface area contributed by atoms with Crippen molar-refractivity contribution in [1.29, 1.82) is 0 Å². The molecule has 0 rings (SSSR count). The Hall–Kier alpha value is -0.170. The van der Waals surface area contributed by atoms with E-state index in [0.717, 1.165) is 6.42 Å². The molecule has 0 amide bonds. The second-order valence-electron chi connectivity index (χ2n) is 0.972. The van der Waals surface area contributed by atoms with Crippen molar-refractivity contribution in [3.05, 3.63) is 12.2 Å². The van der Waals surface area contributed by atoms with Crippen LogP contribution in [0.25, 0.3) is 0 Å². The van der Waals surface area contributed by atoms with Gasteiger partial charge in [-0.1, -0.05) is 31.3 Å². The Kier molecular flexibility index (Phi) is 4.69. The molecule has 0 aliphatic heterocycles. The van der Waals surface area contributed by atoms with Gasteiger partial charge in [-0.3, -0.25) is 0 Å². The van der Waals surface area contributed by atoms with Crippen LogP contribution in [0.1, 0.15) is 13.3 Å². The highest BCUT2D eigenvalue weighted by Gasteiger charge is 1.56. The highest BCUT2D eigenvalue weighted by molar-refractivity contribution is 7.79. The summed E-state index contributed by atoms with van der Waals surface area (Å²) in [4.78, 5) is 0. The van der Waals surface area contributed by atoms with Gasteiger partial charge in [-0.25, -0.2) is 0 Å². The lowest BCUT2D eigenvalue weighted by molar-refractivity contribution is 1.23. The molecule has 0 heterocycles. The molecule has 1 heteroatoms. The van der Waals surface area contributed by atoms with E-state index < -0.39 is 0 Å². The Morgan fingerprint density at radius 3 is 2.50 bits per heavy atom. The van der Waals surface area contributed by atoms with Gasteiger partial charge in [0.25, 0.3) is 0 Å². The maximum absolute atomic E-state index is 4.51. The third kappa shape index (κ3) is 3.83. The summed E-state index contributed by atoms with van der Waals surface area (Å²) < 4.78 is 0. The van der Waals surface area contributed by atoms with Crippen molar-refractivity contribution in [2.24, 2.45) is 0 Å². The molecule has 0 spiro atoms. The maximum atomic E-state index is 4.51. The predicted octanol–water partition coefficient (Wildman–Crippen LogP) is 1.95. The first kappa shape index (κ1) is 5.83. The first-order chi connectivity index (χ1) is 2.91. The Labute approximate surface area is 43.9 Å². The van der Waals surface area contributed by atoms with Gasteiger partial charge in [0.05, 0.1) is 0 Å². The maximum Gasteiger partial charge on any atom is 0.00103 e. The van der Waals surface area contributed by atoms with E-state index in [1.807, 2.05) is 12.2 Å². The lowest BCUT2D eigenvalue weighted by Crippen LogP contribution is -1.52. The zero-order valence-electron chi connectivity index (χ0n) is 3.85. The molecule has 6 heavy (non-hydrogen) atoms. The average molecular weight is 100 g/mol. The molecule has 0 saturated carbocycles. The van der Waals surface area contributed by atoms with Gasteiger partial charge in [-0.05, 0) is 6.42 Å². The van der Waals surface area contributed by atoms with Crippen molar-refractivity contribution >= 4 is 17.6 Å². The zero-order valence-corrected chi connectivity index (χ0v) is 4.66. The van der Waals surface area contributed by atoms with Gasteiger partial charge >= 0.3 is 0 Å². The monoisotopic (exact) mass is 100 g/mol. The van der Waals surface area contributed by atoms with E-state index in [1.54, 1.807) is 5.37 Å².